The third-order valence-electron chi connectivity index (χ3n) is 2.30. The second-order valence-electron chi connectivity index (χ2n) is 3.37. The fourth-order valence-electron chi connectivity index (χ4n) is 1.51. The van der Waals surface area contributed by atoms with Crippen LogP contribution in [0, 0.1) is 6.92 Å². The molecule has 4 heteroatoms. The van der Waals surface area contributed by atoms with Gasteiger partial charge in [-0.1, -0.05) is 35.9 Å². The number of benzene rings is 1. The Labute approximate surface area is 93.3 Å². The SMILES string of the molecule is Cc1ccccc1-c1nc(CN)[nH]c1Cl. The van der Waals surface area contributed by atoms with Crippen molar-refractivity contribution in [3.8, 4) is 11.3 Å². The molecule has 0 amide bonds. The first-order chi connectivity index (χ1) is 7.22. The lowest BCUT2D eigenvalue weighted by molar-refractivity contribution is 0.950. The van der Waals surface area contributed by atoms with Crippen molar-refractivity contribution in [3.63, 3.8) is 0 Å². The molecule has 0 radical (unpaired) electrons. The summed E-state index contributed by atoms with van der Waals surface area (Å²) in [4.78, 5) is 7.30. The molecule has 0 fully saturated rings. The molecule has 1 aromatic heterocycles. The number of hydrogen-bond donors (Lipinski definition) is 2. The molecular formula is C11H12ClN3. The number of nitrogens with one attached hydrogen (secondary N) is 1. The summed E-state index contributed by atoms with van der Waals surface area (Å²) in [5.74, 6) is 0.707. The highest BCUT2D eigenvalue weighted by Gasteiger charge is 2.10. The molecule has 0 atom stereocenters. The number of aryl methyl sites for hydroxylation is 1. The van der Waals surface area contributed by atoms with Crippen molar-refractivity contribution in [1.82, 2.24) is 9.97 Å². The van der Waals surface area contributed by atoms with Crippen molar-refractivity contribution < 1.29 is 0 Å². The minimum absolute atomic E-state index is 0.367. The molecule has 2 rings (SSSR count). The van der Waals surface area contributed by atoms with Crippen LogP contribution in [0.3, 0.4) is 0 Å². The Balaban J connectivity index is 2.54. The molecular weight excluding hydrogens is 210 g/mol. The summed E-state index contributed by atoms with van der Waals surface area (Å²) < 4.78 is 0. The van der Waals surface area contributed by atoms with Gasteiger partial charge in [0.1, 0.15) is 16.7 Å². The molecule has 0 unspecified atom stereocenters. The predicted octanol–water partition coefficient (Wildman–Crippen LogP) is 2.50. The summed E-state index contributed by atoms with van der Waals surface area (Å²) in [6.45, 7) is 2.40. The number of aromatic amines is 1. The van der Waals surface area contributed by atoms with Crippen LogP contribution in [0.2, 0.25) is 5.15 Å². The highest BCUT2D eigenvalue weighted by atomic mass is 35.5. The maximum absolute atomic E-state index is 6.06. The third-order valence-corrected chi connectivity index (χ3v) is 2.58. The topological polar surface area (TPSA) is 54.7 Å². The van der Waals surface area contributed by atoms with Gasteiger partial charge in [0.25, 0.3) is 0 Å². The van der Waals surface area contributed by atoms with E-state index in [1.807, 2.05) is 31.2 Å². The Morgan fingerprint density at radius 1 is 1.40 bits per heavy atom. The van der Waals surface area contributed by atoms with Crippen LogP contribution in [0.4, 0.5) is 0 Å². The molecule has 0 aliphatic heterocycles. The normalized spacial score (nSPS) is 10.6. The van der Waals surface area contributed by atoms with Gasteiger partial charge in [0, 0.05) is 5.56 Å². The summed E-state index contributed by atoms with van der Waals surface area (Å²) in [5, 5.41) is 0.546. The number of hydrogen-bond acceptors (Lipinski definition) is 2. The molecule has 0 spiro atoms. The lowest BCUT2D eigenvalue weighted by Crippen LogP contribution is -1.97. The third kappa shape index (κ3) is 1.89. The number of halogens is 1. The molecule has 0 saturated carbocycles. The van der Waals surface area contributed by atoms with Gasteiger partial charge in [-0.3, -0.25) is 0 Å². The van der Waals surface area contributed by atoms with Crippen LogP contribution in [0.15, 0.2) is 24.3 Å². The van der Waals surface area contributed by atoms with E-state index in [4.69, 9.17) is 17.3 Å². The lowest BCUT2D eigenvalue weighted by Gasteiger charge is -2.01. The first kappa shape index (κ1) is 10.2. The van der Waals surface area contributed by atoms with E-state index in [1.165, 1.54) is 0 Å². The maximum Gasteiger partial charge on any atom is 0.134 e. The summed E-state index contributed by atoms with van der Waals surface area (Å²) in [5.41, 5.74) is 8.46. The molecule has 2 aromatic rings. The molecule has 1 heterocycles. The van der Waals surface area contributed by atoms with Crippen LogP contribution >= 0.6 is 11.6 Å². The molecule has 0 saturated heterocycles. The fraction of sp³-hybridized carbons (Fsp3) is 0.182. The Morgan fingerprint density at radius 3 is 2.73 bits per heavy atom. The van der Waals surface area contributed by atoms with Crippen molar-refractivity contribution in [3.05, 3.63) is 40.8 Å². The van der Waals surface area contributed by atoms with E-state index in [9.17, 15) is 0 Å². The standard InChI is InChI=1S/C11H12ClN3/c1-7-4-2-3-5-8(7)10-11(12)15-9(6-13)14-10/h2-5H,6,13H2,1H3,(H,14,15). The molecule has 3 N–H and O–H groups in total. The Kier molecular flexibility index (Phi) is 2.75. The highest BCUT2D eigenvalue weighted by Crippen LogP contribution is 2.27. The van der Waals surface area contributed by atoms with Gasteiger partial charge in [0.2, 0.25) is 0 Å². The quantitative estimate of drug-likeness (QED) is 0.819. The zero-order valence-electron chi connectivity index (χ0n) is 8.42. The number of imidazole rings is 1. The second kappa shape index (κ2) is 4.04. The molecule has 0 aliphatic carbocycles. The van der Waals surface area contributed by atoms with Gasteiger partial charge in [-0.15, -0.1) is 0 Å². The van der Waals surface area contributed by atoms with Gasteiger partial charge < -0.3 is 10.7 Å². The van der Waals surface area contributed by atoms with E-state index in [2.05, 4.69) is 9.97 Å². The fourth-order valence-corrected chi connectivity index (χ4v) is 1.76. The van der Waals surface area contributed by atoms with Crippen molar-refractivity contribution >= 4 is 11.6 Å². The van der Waals surface area contributed by atoms with Gasteiger partial charge in [-0.25, -0.2) is 4.98 Å². The first-order valence-electron chi connectivity index (χ1n) is 4.73. The van der Waals surface area contributed by atoms with Crippen LogP contribution in [0.1, 0.15) is 11.4 Å². The van der Waals surface area contributed by atoms with Crippen molar-refractivity contribution in [2.24, 2.45) is 5.73 Å². The number of aromatic nitrogens is 2. The lowest BCUT2D eigenvalue weighted by atomic mass is 10.1. The molecule has 78 valence electrons. The summed E-state index contributed by atoms with van der Waals surface area (Å²) in [7, 11) is 0. The average molecular weight is 222 g/mol. The Hall–Kier alpha value is -1.32. The second-order valence-corrected chi connectivity index (χ2v) is 3.74. The Bertz CT molecular complexity index is 476. The zero-order valence-corrected chi connectivity index (χ0v) is 9.17. The van der Waals surface area contributed by atoms with Gasteiger partial charge in [0.05, 0.1) is 6.54 Å². The molecule has 3 nitrogen and oxygen atoms in total. The van der Waals surface area contributed by atoms with Gasteiger partial charge >= 0.3 is 0 Å². The highest BCUT2D eigenvalue weighted by molar-refractivity contribution is 6.32. The van der Waals surface area contributed by atoms with Crippen molar-refractivity contribution in [2.75, 3.05) is 0 Å². The van der Waals surface area contributed by atoms with Crippen LogP contribution < -0.4 is 5.73 Å². The van der Waals surface area contributed by atoms with E-state index in [0.717, 1.165) is 16.8 Å². The predicted molar refractivity (Wildman–Crippen MR) is 61.7 cm³/mol. The van der Waals surface area contributed by atoms with Crippen LogP contribution in [0.5, 0.6) is 0 Å². The molecule has 1 aromatic carbocycles. The van der Waals surface area contributed by atoms with Crippen LogP contribution in [0.25, 0.3) is 11.3 Å². The van der Waals surface area contributed by atoms with Crippen LogP contribution in [-0.2, 0) is 6.54 Å². The van der Waals surface area contributed by atoms with Gasteiger partial charge in [0.15, 0.2) is 0 Å². The maximum atomic E-state index is 6.06. The minimum Gasteiger partial charge on any atom is -0.331 e. The monoisotopic (exact) mass is 221 g/mol. The van der Waals surface area contributed by atoms with E-state index in [1.54, 1.807) is 0 Å². The van der Waals surface area contributed by atoms with Crippen molar-refractivity contribution in [2.45, 2.75) is 13.5 Å². The van der Waals surface area contributed by atoms with E-state index in [0.29, 0.717) is 17.5 Å². The van der Waals surface area contributed by atoms with E-state index < -0.39 is 0 Å². The summed E-state index contributed by atoms with van der Waals surface area (Å²) in [6, 6.07) is 7.98. The van der Waals surface area contributed by atoms with Gasteiger partial charge in [-0.2, -0.15) is 0 Å². The Morgan fingerprint density at radius 2 is 2.13 bits per heavy atom. The minimum atomic E-state index is 0.367. The van der Waals surface area contributed by atoms with E-state index in [-0.39, 0.29) is 0 Å². The molecule has 0 aliphatic rings. The zero-order chi connectivity index (χ0) is 10.8. The molecule has 0 bridgehead atoms. The average Bonchev–Trinajstić information content (AvgIpc) is 2.60. The van der Waals surface area contributed by atoms with Crippen LogP contribution in [-0.4, -0.2) is 9.97 Å². The summed E-state index contributed by atoms with van der Waals surface area (Å²) >= 11 is 6.06. The molecule has 15 heavy (non-hydrogen) atoms. The number of H-pyrrole nitrogens is 1. The number of nitrogens with zero attached hydrogens (tertiary/aromatic N) is 1. The first-order valence-corrected chi connectivity index (χ1v) is 5.10. The van der Waals surface area contributed by atoms with Gasteiger partial charge in [-0.05, 0) is 12.5 Å². The largest absolute Gasteiger partial charge is 0.331 e. The number of rotatable bonds is 2. The van der Waals surface area contributed by atoms with E-state index >= 15 is 0 Å². The summed E-state index contributed by atoms with van der Waals surface area (Å²) in [6.07, 6.45) is 0. The smallest absolute Gasteiger partial charge is 0.134 e. The number of nitrogens with two attached hydrogens (primary N) is 1. The van der Waals surface area contributed by atoms with Crippen molar-refractivity contribution in [1.29, 1.82) is 0 Å².